The molecule has 10 heteroatoms. The van der Waals surface area contributed by atoms with Crippen molar-refractivity contribution in [2.75, 3.05) is 26.5 Å². The SMILES string of the molecule is COC(=O)C[C@H]1CC[C@@H](CNC(=O)CCS(=O)(=O)c2ccccc2)N1C.O=CO. The zero-order valence-corrected chi connectivity index (χ0v) is 17.4. The Morgan fingerprint density at radius 2 is 1.83 bits per heavy atom. The molecule has 162 valence electrons. The summed E-state index contributed by atoms with van der Waals surface area (Å²) in [4.78, 5) is 34.1. The minimum absolute atomic E-state index is 0.0702. The second-order valence-corrected chi connectivity index (χ2v) is 8.73. The lowest BCUT2D eigenvalue weighted by Crippen LogP contribution is -2.41. The fourth-order valence-electron chi connectivity index (χ4n) is 3.15. The highest BCUT2D eigenvalue weighted by Gasteiger charge is 2.32. The summed E-state index contributed by atoms with van der Waals surface area (Å²) in [6.07, 6.45) is 2.02. The Bertz CT molecular complexity index is 768. The molecule has 1 amide bonds. The number of methoxy groups -OCH3 is 1. The molecule has 1 fully saturated rings. The number of nitrogens with zero attached hydrogens (tertiary/aromatic N) is 1. The highest BCUT2D eigenvalue weighted by atomic mass is 32.2. The van der Waals surface area contributed by atoms with Crippen molar-refractivity contribution in [1.29, 1.82) is 0 Å². The van der Waals surface area contributed by atoms with E-state index in [1.54, 1.807) is 18.2 Å². The van der Waals surface area contributed by atoms with Crippen molar-refractivity contribution >= 4 is 28.2 Å². The second kappa shape index (κ2) is 12.2. The van der Waals surface area contributed by atoms with Crippen LogP contribution in [0.4, 0.5) is 0 Å². The minimum Gasteiger partial charge on any atom is -0.483 e. The number of hydrogen-bond acceptors (Lipinski definition) is 7. The quantitative estimate of drug-likeness (QED) is 0.457. The molecule has 0 aromatic heterocycles. The molecule has 9 nitrogen and oxygen atoms in total. The Kier molecular flexibility index (Phi) is 10.3. The Balaban J connectivity index is 0.00000132. The first kappa shape index (κ1) is 24.6. The summed E-state index contributed by atoms with van der Waals surface area (Å²) in [7, 11) is -0.150. The molecular weight excluding hydrogens is 400 g/mol. The Morgan fingerprint density at radius 3 is 2.41 bits per heavy atom. The number of hydrogen-bond donors (Lipinski definition) is 2. The van der Waals surface area contributed by atoms with Crippen molar-refractivity contribution < 1.29 is 32.6 Å². The van der Waals surface area contributed by atoms with Gasteiger partial charge in [0.2, 0.25) is 5.91 Å². The van der Waals surface area contributed by atoms with Gasteiger partial charge in [-0.1, -0.05) is 18.2 Å². The Hall–Kier alpha value is -2.46. The normalized spacial score (nSPS) is 19.0. The van der Waals surface area contributed by atoms with Crippen molar-refractivity contribution in [3.05, 3.63) is 30.3 Å². The number of esters is 1. The molecule has 29 heavy (non-hydrogen) atoms. The van der Waals surface area contributed by atoms with Crippen LogP contribution in [0.2, 0.25) is 0 Å². The Labute approximate surface area is 171 Å². The third-order valence-corrected chi connectivity index (χ3v) is 6.58. The summed E-state index contributed by atoms with van der Waals surface area (Å²) in [5.41, 5.74) is 0. The largest absolute Gasteiger partial charge is 0.483 e. The highest BCUT2D eigenvalue weighted by Crippen LogP contribution is 2.24. The summed E-state index contributed by atoms with van der Waals surface area (Å²) in [6, 6.07) is 8.38. The number of benzene rings is 1. The van der Waals surface area contributed by atoms with E-state index in [9.17, 15) is 18.0 Å². The number of rotatable bonds is 8. The molecule has 2 rings (SSSR count). The summed E-state index contributed by atoms with van der Waals surface area (Å²) in [5, 5.41) is 9.69. The van der Waals surface area contributed by atoms with Crippen molar-refractivity contribution in [2.24, 2.45) is 0 Å². The molecule has 0 spiro atoms. The third-order valence-electron chi connectivity index (χ3n) is 4.85. The van der Waals surface area contributed by atoms with Gasteiger partial charge in [0.15, 0.2) is 9.84 Å². The van der Waals surface area contributed by atoms with Crippen LogP contribution in [0.5, 0.6) is 0 Å². The number of ether oxygens (including phenoxy) is 1. The van der Waals surface area contributed by atoms with Gasteiger partial charge in [-0.2, -0.15) is 0 Å². The van der Waals surface area contributed by atoms with Gasteiger partial charge in [-0.05, 0) is 32.0 Å². The monoisotopic (exact) mass is 428 g/mol. The van der Waals surface area contributed by atoms with Gasteiger partial charge in [0, 0.05) is 25.0 Å². The zero-order chi connectivity index (χ0) is 21.9. The van der Waals surface area contributed by atoms with Gasteiger partial charge in [-0.25, -0.2) is 8.42 Å². The van der Waals surface area contributed by atoms with Gasteiger partial charge in [-0.15, -0.1) is 0 Å². The number of carbonyl (C=O) groups is 3. The molecule has 2 atom stereocenters. The maximum absolute atomic E-state index is 12.2. The van der Waals surface area contributed by atoms with Crippen molar-refractivity contribution in [3.8, 4) is 0 Å². The lowest BCUT2D eigenvalue weighted by molar-refractivity contribution is -0.141. The van der Waals surface area contributed by atoms with E-state index in [0.717, 1.165) is 12.8 Å². The van der Waals surface area contributed by atoms with Crippen LogP contribution in [-0.4, -0.2) is 75.3 Å². The zero-order valence-electron chi connectivity index (χ0n) is 16.6. The average Bonchev–Trinajstić information content (AvgIpc) is 3.05. The fourth-order valence-corrected chi connectivity index (χ4v) is 4.41. The molecule has 2 N–H and O–H groups in total. The van der Waals surface area contributed by atoms with E-state index in [-0.39, 0.29) is 47.5 Å². The molecule has 0 unspecified atom stereocenters. The smallest absolute Gasteiger partial charge is 0.307 e. The van der Waals surface area contributed by atoms with E-state index in [4.69, 9.17) is 14.6 Å². The van der Waals surface area contributed by atoms with Crippen LogP contribution in [0.25, 0.3) is 0 Å². The van der Waals surface area contributed by atoms with Gasteiger partial charge in [0.05, 0.1) is 24.2 Å². The van der Waals surface area contributed by atoms with Gasteiger partial charge in [0.1, 0.15) is 0 Å². The molecule has 1 heterocycles. The average molecular weight is 429 g/mol. The summed E-state index contributed by atoms with van der Waals surface area (Å²) in [6.45, 7) is 0.193. The molecule has 1 aliphatic heterocycles. The van der Waals surface area contributed by atoms with Crippen LogP contribution < -0.4 is 5.32 Å². The number of carboxylic acid groups (broad SMARTS) is 1. The van der Waals surface area contributed by atoms with Crippen LogP contribution in [-0.2, 0) is 29.0 Å². The number of likely N-dealkylation sites (N-methyl/N-ethyl adjacent to an activating group) is 1. The highest BCUT2D eigenvalue weighted by molar-refractivity contribution is 7.91. The second-order valence-electron chi connectivity index (χ2n) is 6.62. The van der Waals surface area contributed by atoms with E-state index in [2.05, 4.69) is 10.2 Å². The molecule has 0 bridgehead atoms. The topological polar surface area (TPSA) is 130 Å². The van der Waals surface area contributed by atoms with Crippen molar-refractivity contribution in [3.63, 3.8) is 0 Å². The number of amides is 1. The minimum atomic E-state index is -3.45. The summed E-state index contributed by atoms with van der Waals surface area (Å²) in [5.74, 6) is -0.735. The van der Waals surface area contributed by atoms with E-state index in [0.29, 0.717) is 13.0 Å². The lowest BCUT2D eigenvalue weighted by Gasteiger charge is -2.25. The predicted octanol–water partition coefficient (Wildman–Crippen LogP) is 0.693. The predicted molar refractivity (Wildman–Crippen MR) is 106 cm³/mol. The van der Waals surface area contributed by atoms with Crippen LogP contribution in [0, 0.1) is 0 Å². The standard InChI is InChI=1S/C18H26N2O5S.CH2O2/c1-20-14(12-18(22)25-2)8-9-15(20)13-19-17(21)10-11-26(23,24)16-6-4-3-5-7-16;2-1-3/h3-7,14-15H,8-13H2,1-2H3,(H,19,21);1H,(H,2,3)/t14-,15+;/m1./s1. The first-order chi connectivity index (χ1) is 13.7. The van der Waals surface area contributed by atoms with Gasteiger partial charge in [0.25, 0.3) is 6.47 Å². The lowest BCUT2D eigenvalue weighted by atomic mass is 10.1. The first-order valence-electron chi connectivity index (χ1n) is 9.16. The maximum Gasteiger partial charge on any atom is 0.307 e. The van der Waals surface area contributed by atoms with Crippen LogP contribution in [0.3, 0.4) is 0 Å². The molecule has 0 radical (unpaired) electrons. The Morgan fingerprint density at radius 1 is 1.24 bits per heavy atom. The van der Waals surface area contributed by atoms with Crippen LogP contribution in [0.15, 0.2) is 35.2 Å². The molecule has 1 aromatic rings. The molecule has 0 aliphatic carbocycles. The van der Waals surface area contributed by atoms with Crippen molar-refractivity contribution in [2.45, 2.75) is 42.7 Å². The van der Waals surface area contributed by atoms with Crippen molar-refractivity contribution in [1.82, 2.24) is 10.2 Å². The molecule has 1 aliphatic rings. The van der Waals surface area contributed by atoms with Crippen LogP contribution in [0.1, 0.15) is 25.7 Å². The first-order valence-corrected chi connectivity index (χ1v) is 10.8. The van der Waals surface area contributed by atoms with Gasteiger partial charge >= 0.3 is 5.97 Å². The number of likely N-dealkylation sites (tertiary alicyclic amines) is 1. The maximum atomic E-state index is 12.2. The molecule has 1 aromatic carbocycles. The molecule has 1 saturated heterocycles. The summed E-state index contributed by atoms with van der Waals surface area (Å²) >= 11 is 0. The number of carbonyl (C=O) groups excluding carboxylic acids is 2. The molecule has 0 saturated carbocycles. The van der Waals surface area contributed by atoms with E-state index < -0.39 is 9.84 Å². The van der Waals surface area contributed by atoms with E-state index in [1.165, 1.54) is 19.2 Å². The van der Waals surface area contributed by atoms with Crippen LogP contribution >= 0.6 is 0 Å². The van der Waals surface area contributed by atoms with Gasteiger partial charge < -0.3 is 15.2 Å². The third kappa shape index (κ3) is 8.20. The van der Waals surface area contributed by atoms with Gasteiger partial charge in [-0.3, -0.25) is 19.3 Å². The van der Waals surface area contributed by atoms with E-state index >= 15 is 0 Å². The summed E-state index contributed by atoms with van der Waals surface area (Å²) < 4.78 is 29.1. The fraction of sp³-hybridized carbons (Fsp3) is 0.526. The van der Waals surface area contributed by atoms with E-state index in [1.807, 2.05) is 7.05 Å². The molecular formula is C19H28N2O7S. The number of sulfone groups is 1. The number of nitrogens with one attached hydrogen (secondary N) is 1.